The highest BCUT2D eigenvalue weighted by molar-refractivity contribution is 8.85. The molecule has 0 aromatic rings. The van der Waals surface area contributed by atoms with E-state index in [0.717, 1.165) is 30.8 Å². The zero-order valence-corrected chi connectivity index (χ0v) is 20.3. The number of carbonyl (C=O) groups is 2. The third kappa shape index (κ3) is 44.6. The SMILES string of the molecule is C.C.C.C.C.C.NCCCOCCCNC(=O)CSSCSSCC(=O)NCCCOCCCN. The Balaban J connectivity index is -0.000000261. The lowest BCUT2D eigenvalue weighted by atomic mass is 10.4. The van der Waals surface area contributed by atoms with Crippen LogP contribution in [-0.4, -0.2) is 81.0 Å². The van der Waals surface area contributed by atoms with Gasteiger partial charge in [0, 0.05) is 39.5 Å². The first-order valence-electron chi connectivity index (χ1n) is 9.78. The van der Waals surface area contributed by atoms with Gasteiger partial charge in [0.25, 0.3) is 0 Å². The summed E-state index contributed by atoms with van der Waals surface area (Å²) in [4.78, 5) is 23.3. The maximum absolute atomic E-state index is 11.7. The van der Waals surface area contributed by atoms with Crippen LogP contribution in [0, 0.1) is 0 Å². The van der Waals surface area contributed by atoms with Crippen LogP contribution in [0.3, 0.4) is 0 Å². The summed E-state index contributed by atoms with van der Waals surface area (Å²) in [5.41, 5.74) is 10.8. The van der Waals surface area contributed by atoms with Crippen molar-refractivity contribution in [1.82, 2.24) is 10.6 Å². The van der Waals surface area contributed by atoms with E-state index in [4.69, 9.17) is 20.9 Å². The summed E-state index contributed by atoms with van der Waals surface area (Å²) < 4.78 is 10.7. The van der Waals surface area contributed by atoms with Gasteiger partial charge < -0.3 is 31.6 Å². The number of ether oxygens (including phenoxy) is 2. The van der Waals surface area contributed by atoms with E-state index in [0.29, 0.717) is 64.1 Å². The fourth-order valence-electron chi connectivity index (χ4n) is 1.76. The van der Waals surface area contributed by atoms with Gasteiger partial charge in [0.05, 0.1) is 16.6 Å². The van der Waals surface area contributed by atoms with Crippen molar-refractivity contribution in [1.29, 1.82) is 0 Å². The van der Waals surface area contributed by atoms with Crippen LogP contribution in [0.5, 0.6) is 0 Å². The molecule has 220 valence electrons. The zero-order chi connectivity index (χ0) is 21.4. The number of nitrogens with two attached hydrogens (primary N) is 2. The molecule has 0 bridgehead atoms. The summed E-state index contributed by atoms with van der Waals surface area (Å²) in [6, 6.07) is 0. The van der Waals surface area contributed by atoms with Gasteiger partial charge >= 0.3 is 0 Å². The van der Waals surface area contributed by atoms with E-state index in [1.54, 1.807) is 21.6 Å². The lowest BCUT2D eigenvalue weighted by Gasteiger charge is -2.06. The van der Waals surface area contributed by atoms with Crippen molar-refractivity contribution < 1.29 is 19.1 Å². The van der Waals surface area contributed by atoms with E-state index in [-0.39, 0.29) is 56.4 Å². The van der Waals surface area contributed by atoms with E-state index in [9.17, 15) is 9.59 Å². The monoisotopic (exact) mass is 584 g/mol. The molecule has 0 rings (SSSR count). The van der Waals surface area contributed by atoms with Gasteiger partial charge in [-0.2, -0.15) is 0 Å². The fraction of sp³-hybridized carbons (Fsp3) is 0.913. The number of hydrogen-bond donors (Lipinski definition) is 4. The van der Waals surface area contributed by atoms with Crippen LogP contribution in [-0.2, 0) is 19.1 Å². The van der Waals surface area contributed by atoms with Gasteiger partial charge in [-0.25, -0.2) is 0 Å². The van der Waals surface area contributed by atoms with E-state index < -0.39 is 0 Å². The van der Waals surface area contributed by atoms with Crippen molar-refractivity contribution in [2.24, 2.45) is 11.5 Å². The summed E-state index contributed by atoms with van der Waals surface area (Å²) >= 11 is 0. The second-order valence-corrected chi connectivity index (χ2v) is 11.1. The summed E-state index contributed by atoms with van der Waals surface area (Å²) in [6.45, 7) is 5.19. The fourth-order valence-corrected chi connectivity index (χ4v) is 6.83. The second kappa shape index (κ2) is 44.2. The first-order valence-corrected chi connectivity index (χ1v) is 14.8. The lowest BCUT2D eigenvalue weighted by Crippen LogP contribution is -2.26. The molecule has 0 aliphatic rings. The molecule has 0 saturated carbocycles. The molecule has 0 unspecified atom stereocenters. The van der Waals surface area contributed by atoms with Crippen LogP contribution in [0.2, 0.25) is 0 Å². The van der Waals surface area contributed by atoms with Crippen LogP contribution in [0.25, 0.3) is 0 Å². The van der Waals surface area contributed by atoms with Crippen LogP contribution in [0.1, 0.15) is 70.2 Å². The van der Waals surface area contributed by atoms with Crippen LogP contribution in [0.4, 0.5) is 0 Å². The number of rotatable bonds is 22. The molecule has 35 heavy (non-hydrogen) atoms. The largest absolute Gasteiger partial charge is 0.381 e. The van der Waals surface area contributed by atoms with Gasteiger partial charge in [-0.1, -0.05) is 87.7 Å². The van der Waals surface area contributed by atoms with Gasteiger partial charge in [0.1, 0.15) is 0 Å². The topological polar surface area (TPSA) is 129 Å². The molecular formula is C23H60N4O4S4. The molecule has 8 nitrogen and oxygen atoms in total. The van der Waals surface area contributed by atoms with Gasteiger partial charge in [-0.05, 0) is 38.8 Å². The maximum Gasteiger partial charge on any atom is 0.230 e. The average Bonchev–Trinajstić information content (AvgIpc) is 2.71. The predicted molar refractivity (Wildman–Crippen MR) is 170 cm³/mol. The van der Waals surface area contributed by atoms with Crippen molar-refractivity contribution >= 4 is 55.0 Å². The van der Waals surface area contributed by atoms with Crippen LogP contribution < -0.4 is 22.1 Å². The Labute approximate surface area is 234 Å². The Kier molecular flexibility index (Phi) is 65.3. The van der Waals surface area contributed by atoms with Crippen LogP contribution in [0.15, 0.2) is 0 Å². The number of carbonyl (C=O) groups excluding carboxylic acids is 2. The quantitative estimate of drug-likeness (QED) is 0.0759. The maximum atomic E-state index is 11.7. The van der Waals surface area contributed by atoms with Crippen molar-refractivity contribution in [3.8, 4) is 0 Å². The first kappa shape index (κ1) is 51.8. The Morgan fingerprint density at radius 3 is 1.26 bits per heavy atom. The third-order valence-corrected chi connectivity index (χ3v) is 8.51. The highest BCUT2D eigenvalue weighted by Crippen LogP contribution is 2.31. The molecule has 0 heterocycles. The molecule has 0 radical (unpaired) electrons. The normalized spacial score (nSPS) is 8.97. The van der Waals surface area contributed by atoms with Crippen molar-refractivity contribution in [2.45, 2.75) is 70.2 Å². The first-order chi connectivity index (χ1) is 14.2. The lowest BCUT2D eigenvalue weighted by molar-refractivity contribution is -0.119. The molecule has 0 atom stereocenters. The molecule has 0 aliphatic carbocycles. The van der Waals surface area contributed by atoms with E-state index in [2.05, 4.69) is 10.6 Å². The molecule has 0 spiro atoms. The minimum atomic E-state index is 0. The highest BCUT2D eigenvalue weighted by atomic mass is 33.1. The molecule has 0 aromatic heterocycles. The Morgan fingerprint density at radius 2 is 0.914 bits per heavy atom. The second-order valence-electron chi connectivity index (χ2n) is 5.79. The summed E-state index contributed by atoms with van der Waals surface area (Å²) in [7, 11) is 6.29. The third-order valence-electron chi connectivity index (χ3n) is 3.20. The molecule has 0 saturated heterocycles. The van der Waals surface area contributed by atoms with Crippen molar-refractivity contribution in [3.05, 3.63) is 0 Å². The molecule has 2 amide bonds. The predicted octanol–water partition coefficient (Wildman–Crippen LogP) is 5.27. The molecule has 0 aliphatic heterocycles. The average molecular weight is 585 g/mol. The van der Waals surface area contributed by atoms with Crippen molar-refractivity contribution in [2.75, 3.05) is 69.2 Å². The summed E-state index contributed by atoms with van der Waals surface area (Å²) in [5, 5.41) is 6.56. The smallest absolute Gasteiger partial charge is 0.230 e. The molecule has 0 fully saturated rings. The van der Waals surface area contributed by atoms with Gasteiger partial charge in [-0.15, -0.1) is 0 Å². The number of amides is 2. The van der Waals surface area contributed by atoms with E-state index in [1.807, 2.05) is 0 Å². The zero-order valence-electron chi connectivity index (χ0n) is 17.0. The number of hydrogen-bond acceptors (Lipinski definition) is 10. The van der Waals surface area contributed by atoms with Gasteiger partial charge in [0.15, 0.2) is 0 Å². The highest BCUT2D eigenvalue weighted by Gasteiger charge is 2.03. The number of nitrogens with one attached hydrogen (secondary N) is 2. The summed E-state index contributed by atoms with van der Waals surface area (Å²) in [6.07, 6.45) is 3.35. The van der Waals surface area contributed by atoms with Crippen molar-refractivity contribution in [3.63, 3.8) is 0 Å². The Morgan fingerprint density at radius 1 is 0.571 bits per heavy atom. The molecular weight excluding hydrogens is 525 g/mol. The Hall–Kier alpha value is 0.180. The molecule has 12 heteroatoms. The minimum Gasteiger partial charge on any atom is -0.381 e. The minimum absolute atomic E-state index is 0. The van der Waals surface area contributed by atoms with E-state index >= 15 is 0 Å². The molecule has 6 N–H and O–H groups in total. The standard InChI is InChI=1S/C17H36N4O4S4.6CH4/c18-5-1-9-24-11-3-7-20-16(22)13-26-28-15-29-27-14-17(23)21-8-4-12-25-10-2-6-19;;;;;;/h1-15,18-19H2,(H,20,22)(H,21,23);6*1H4. The van der Waals surface area contributed by atoms with Gasteiger partial charge in [-0.3, -0.25) is 9.59 Å². The Bertz CT molecular complexity index is 369. The van der Waals surface area contributed by atoms with E-state index in [1.165, 1.54) is 21.6 Å². The van der Waals surface area contributed by atoms with Gasteiger partial charge in [0.2, 0.25) is 11.8 Å². The molecule has 0 aromatic carbocycles. The van der Waals surface area contributed by atoms with Crippen LogP contribution >= 0.6 is 43.2 Å². The summed E-state index contributed by atoms with van der Waals surface area (Å²) in [5.74, 6) is 0.928.